The number of nitrogens with one attached hydrogen (secondary N) is 1. The van der Waals surface area contributed by atoms with Gasteiger partial charge in [-0.25, -0.2) is 13.6 Å². The van der Waals surface area contributed by atoms with Gasteiger partial charge in [-0.3, -0.25) is 5.10 Å². The molecule has 1 aromatic rings. The second-order valence-corrected chi connectivity index (χ2v) is 2.63. The third-order valence-corrected chi connectivity index (χ3v) is 1.54. The zero-order valence-electron chi connectivity index (χ0n) is 7.59. The van der Waals surface area contributed by atoms with Gasteiger partial charge in [-0.2, -0.15) is 5.10 Å². The highest BCUT2D eigenvalue weighted by Crippen LogP contribution is 2.20. The van der Waals surface area contributed by atoms with Gasteiger partial charge in [-0.15, -0.1) is 0 Å². The maximum absolute atomic E-state index is 12.3. The van der Waals surface area contributed by atoms with E-state index in [0.29, 0.717) is 6.42 Å². The van der Waals surface area contributed by atoms with Gasteiger partial charge in [0.15, 0.2) is 0 Å². The number of hydrogen-bond donors (Lipinski definition) is 1. The van der Waals surface area contributed by atoms with Crippen molar-refractivity contribution < 1.29 is 18.3 Å². The largest absolute Gasteiger partial charge is 0.462 e. The van der Waals surface area contributed by atoms with Crippen LogP contribution in [0.3, 0.4) is 0 Å². The van der Waals surface area contributed by atoms with E-state index in [-0.39, 0.29) is 12.2 Å². The number of alkyl halides is 2. The van der Waals surface area contributed by atoms with Crippen LogP contribution >= 0.6 is 0 Å². The Labute approximate surface area is 79.3 Å². The summed E-state index contributed by atoms with van der Waals surface area (Å²) in [6, 6.07) is 0. The second kappa shape index (κ2) is 4.69. The van der Waals surface area contributed by atoms with E-state index >= 15 is 0 Å². The molecule has 6 heteroatoms. The van der Waals surface area contributed by atoms with Crippen LogP contribution in [0, 0.1) is 0 Å². The number of carbonyl (C=O) groups is 1. The van der Waals surface area contributed by atoms with E-state index < -0.39 is 18.1 Å². The Morgan fingerprint density at radius 1 is 1.71 bits per heavy atom. The first-order valence-electron chi connectivity index (χ1n) is 4.15. The molecule has 0 unspecified atom stereocenters. The number of esters is 1. The molecular formula is C8H10F2N2O2. The Morgan fingerprint density at radius 2 is 2.43 bits per heavy atom. The molecular weight excluding hydrogens is 194 g/mol. The molecule has 14 heavy (non-hydrogen) atoms. The molecule has 1 aromatic heterocycles. The Balaban J connectivity index is 2.74. The number of ether oxygens (including phenoxy) is 1. The van der Waals surface area contributed by atoms with Gasteiger partial charge in [0.1, 0.15) is 11.3 Å². The third kappa shape index (κ3) is 2.27. The molecule has 0 bridgehead atoms. The molecule has 0 spiro atoms. The minimum Gasteiger partial charge on any atom is -0.462 e. The molecule has 0 aliphatic rings. The van der Waals surface area contributed by atoms with Crippen LogP contribution in [0.2, 0.25) is 0 Å². The molecule has 0 aliphatic heterocycles. The van der Waals surface area contributed by atoms with Gasteiger partial charge < -0.3 is 4.74 Å². The Hall–Kier alpha value is -1.46. The van der Waals surface area contributed by atoms with Crippen molar-refractivity contribution in [2.45, 2.75) is 19.8 Å². The molecule has 4 nitrogen and oxygen atoms in total. The van der Waals surface area contributed by atoms with E-state index in [9.17, 15) is 13.6 Å². The maximum Gasteiger partial charge on any atom is 0.341 e. The summed E-state index contributed by atoms with van der Waals surface area (Å²) in [5, 5.41) is 5.43. The first kappa shape index (κ1) is 10.6. The molecule has 0 saturated heterocycles. The normalized spacial score (nSPS) is 10.6. The smallest absolute Gasteiger partial charge is 0.341 e. The summed E-state index contributed by atoms with van der Waals surface area (Å²) in [5.74, 6) is -0.768. The molecule has 0 aliphatic carbocycles. The summed E-state index contributed by atoms with van der Waals surface area (Å²) >= 11 is 0. The molecule has 0 aromatic carbocycles. The summed E-state index contributed by atoms with van der Waals surface area (Å²) in [5.41, 5.74) is -0.695. The number of aromatic amines is 1. The van der Waals surface area contributed by atoms with Gasteiger partial charge in [-0.1, -0.05) is 6.92 Å². The number of hydrogen-bond acceptors (Lipinski definition) is 3. The highest BCUT2D eigenvalue weighted by molar-refractivity contribution is 5.90. The molecule has 0 radical (unpaired) electrons. The summed E-state index contributed by atoms with van der Waals surface area (Å²) in [4.78, 5) is 11.2. The number of aromatic nitrogens is 2. The first-order valence-corrected chi connectivity index (χ1v) is 4.15. The van der Waals surface area contributed by atoms with Crippen LogP contribution < -0.4 is 0 Å². The summed E-state index contributed by atoms with van der Waals surface area (Å²) in [6.45, 7) is 2.03. The predicted octanol–water partition coefficient (Wildman–Crippen LogP) is 1.91. The molecule has 0 amide bonds. The number of carbonyl (C=O) groups excluding carboxylic acids is 1. The Morgan fingerprint density at radius 3 is 3.00 bits per heavy atom. The number of halogens is 2. The fraction of sp³-hybridized carbons (Fsp3) is 0.500. The van der Waals surface area contributed by atoms with Gasteiger partial charge in [0.2, 0.25) is 0 Å². The molecule has 1 N–H and O–H groups in total. The average molecular weight is 204 g/mol. The average Bonchev–Trinajstić information content (AvgIpc) is 2.62. The fourth-order valence-electron chi connectivity index (χ4n) is 0.898. The van der Waals surface area contributed by atoms with E-state index in [4.69, 9.17) is 4.74 Å². The summed E-state index contributed by atoms with van der Waals surface area (Å²) in [6.07, 6.45) is -1.06. The lowest BCUT2D eigenvalue weighted by Gasteiger charge is -2.02. The monoisotopic (exact) mass is 204 g/mol. The molecule has 0 saturated carbocycles. The molecule has 1 rings (SSSR count). The lowest BCUT2D eigenvalue weighted by atomic mass is 10.2. The van der Waals surface area contributed by atoms with Crippen molar-refractivity contribution in [2.75, 3.05) is 6.61 Å². The first-order chi connectivity index (χ1) is 6.66. The lowest BCUT2D eigenvalue weighted by Crippen LogP contribution is -2.07. The third-order valence-electron chi connectivity index (χ3n) is 1.54. The van der Waals surface area contributed by atoms with Gasteiger partial charge in [0.25, 0.3) is 6.43 Å². The number of rotatable bonds is 4. The molecule has 0 fully saturated rings. The van der Waals surface area contributed by atoms with Gasteiger partial charge in [0, 0.05) is 0 Å². The van der Waals surface area contributed by atoms with Crippen LogP contribution in [0.5, 0.6) is 0 Å². The van der Waals surface area contributed by atoms with Crippen LogP contribution in [0.25, 0.3) is 0 Å². The van der Waals surface area contributed by atoms with E-state index in [1.807, 2.05) is 6.92 Å². The highest BCUT2D eigenvalue weighted by Gasteiger charge is 2.21. The van der Waals surface area contributed by atoms with E-state index in [0.717, 1.165) is 6.20 Å². The van der Waals surface area contributed by atoms with Gasteiger partial charge in [0.05, 0.1) is 12.8 Å². The van der Waals surface area contributed by atoms with Crippen molar-refractivity contribution in [3.8, 4) is 0 Å². The van der Waals surface area contributed by atoms with Crippen molar-refractivity contribution in [1.82, 2.24) is 10.2 Å². The van der Waals surface area contributed by atoms with E-state index in [1.165, 1.54) is 0 Å². The maximum atomic E-state index is 12.3. The van der Waals surface area contributed by atoms with Gasteiger partial charge in [-0.05, 0) is 6.42 Å². The Kier molecular flexibility index (Phi) is 3.55. The fourth-order valence-corrected chi connectivity index (χ4v) is 0.898. The minimum absolute atomic E-state index is 0.201. The standard InChI is InChI=1S/C8H10F2N2O2/c1-2-3-14-8(13)5-4-11-12-6(5)7(9)10/h4,7H,2-3H2,1H3,(H,11,12). The van der Waals surface area contributed by atoms with Crippen LogP contribution in [0.1, 0.15) is 35.8 Å². The lowest BCUT2D eigenvalue weighted by molar-refractivity contribution is 0.0494. The van der Waals surface area contributed by atoms with Crippen LogP contribution in [0.15, 0.2) is 6.20 Å². The van der Waals surface area contributed by atoms with E-state index in [1.54, 1.807) is 0 Å². The topological polar surface area (TPSA) is 55.0 Å². The van der Waals surface area contributed by atoms with Crippen molar-refractivity contribution in [3.05, 3.63) is 17.5 Å². The molecule has 1 heterocycles. The van der Waals surface area contributed by atoms with Crippen molar-refractivity contribution in [1.29, 1.82) is 0 Å². The summed E-state index contributed by atoms with van der Waals surface area (Å²) in [7, 11) is 0. The molecule has 78 valence electrons. The quantitative estimate of drug-likeness (QED) is 0.762. The number of nitrogens with zero attached hydrogens (tertiary/aromatic N) is 1. The van der Waals surface area contributed by atoms with Gasteiger partial charge >= 0.3 is 5.97 Å². The van der Waals surface area contributed by atoms with E-state index in [2.05, 4.69) is 10.2 Å². The summed E-state index contributed by atoms with van der Waals surface area (Å²) < 4.78 is 29.2. The molecule has 0 atom stereocenters. The van der Waals surface area contributed by atoms with Crippen LogP contribution in [0.4, 0.5) is 8.78 Å². The number of H-pyrrole nitrogens is 1. The highest BCUT2D eigenvalue weighted by atomic mass is 19.3. The minimum atomic E-state index is -2.75. The van der Waals surface area contributed by atoms with Crippen LogP contribution in [-0.2, 0) is 4.74 Å². The zero-order chi connectivity index (χ0) is 10.6. The van der Waals surface area contributed by atoms with Crippen molar-refractivity contribution in [3.63, 3.8) is 0 Å². The van der Waals surface area contributed by atoms with Crippen molar-refractivity contribution in [2.24, 2.45) is 0 Å². The Bertz CT molecular complexity index is 312. The van der Waals surface area contributed by atoms with Crippen LogP contribution in [-0.4, -0.2) is 22.8 Å². The zero-order valence-corrected chi connectivity index (χ0v) is 7.59. The second-order valence-electron chi connectivity index (χ2n) is 2.63. The SMILES string of the molecule is CCCOC(=O)c1cn[nH]c1C(F)F. The predicted molar refractivity (Wildman–Crippen MR) is 44.1 cm³/mol. The van der Waals surface area contributed by atoms with Crippen molar-refractivity contribution >= 4 is 5.97 Å².